The highest BCUT2D eigenvalue weighted by Crippen LogP contribution is 2.15. The SMILES string of the molecule is Cc1cc(=O)n(C)c(SCCCCC(=O)O)n1. The molecular formula is C11H16N2O3S. The van der Waals surface area contributed by atoms with Gasteiger partial charge < -0.3 is 5.11 Å². The first-order chi connectivity index (χ1) is 8.00. The summed E-state index contributed by atoms with van der Waals surface area (Å²) in [4.78, 5) is 26.1. The lowest BCUT2D eigenvalue weighted by Crippen LogP contribution is -2.19. The lowest BCUT2D eigenvalue weighted by atomic mass is 10.3. The summed E-state index contributed by atoms with van der Waals surface area (Å²) in [6, 6.07) is 1.49. The Labute approximate surface area is 104 Å². The van der Waals surface area contributed by atoms with Crippen LogP contribution >= 0.6 is 11.8 Å². The van der Waals surface area contributed by atoms with Crippen molar-refractivity contribution >= 4 is 17.7 Å². The Morgan fingerprint density at radius 1 is 1.53 bits per heavy atom. The number of hydrogen-bond acceptors (Lipinski definition) is 4. The van der Waals surface area contributed by atoms with E-state index in [1.54, 1.807) is 14.0 Å². The van der Waals surface area contributed by atoms with E-state index in [1.807, 2.05) is 0 Å². The minimum Gasteiger partial charge on any atom is -0.481 e. The fourth-order valence-corrected chi connectivity index (χ4v) is 2.32. The van der Waals surface area contributed by atoms with E-state index < -0.39 is 5.97 Å². The summed E-state index contributed by atoms with van der Waals surface area (Å²) in [6.07, 6.45) is 1.66. The van der Waals surface area contributed by atoms with Gasteiger partial charge in [0.05, 0.1) is 0 Å². The van der Waals surface area contributed by atoms with Crippen molar-refractivity contribution in [3.05, 3.63) is 22.1 Å². The molecule has 5 nitrogen and oxygen atoms in total. The van der Waals surface area contributed by atoms with Crippen LogP contribution in [0.5, 0.6) is 0 Å². The number of nitrogens with zero attached hydrogens (tertiary/aromatic N) is 2. The zero-order valence-electron chi connectivity index (χ0n) is 9.97. The molecule has 1 N–H and O–H groups in total. The molecule has 0 aliphatic carbocycles. The second-order valence-corrected chi connectivity index (χ2v) is 4.84. The molecule has 0 saturated heterocycles. The molecule has 0 spiro atoms. The van der Waals surface area contributed by atoms with Crippen molar-refractivity contribution < 1.29 is 9.90 Å². The maximum absolute atomic E-state index is 11.5. The Kier molecular flexibility index (Phi) is 5.21. The number of unbranched alkanes of at least 4 members (excludes halogenated alkanes) is 1. The van der Waals surface area contributed by atoms with Crippen LogP contribution in [-0.4, -0.2) is 26.4 Å². The normalized spacial score (nSPS) is 10.5. The van der Waals surface area contributed by atoms with Crippen molar-refractivity contribution in [3.8, 4) is 0 Å². The summed E-state index contributed by atoms with van der Waals surface area (Å²) in [5.41, 5.74) is 0.645. The standard InChI is InChI=1S/C11H16N2O3S/c1-8-7-9(14)13(2)11(12-8)17-6-4-3-5-10(15)16/h7H,3-6H2,1-2H3,(H,15,16). The van der Waals surface area contributed by atoms with Crippen LogP contribution in [0.1, 0.15) is 25.0 Å². The summed E-state index contributed by atoms with van der Waals surface area (Å²) in [5.74, 6) is 0.00730. The zero-order valence-corrected chi connectivity index (χ0v) is 10.8. The highest BCUT2D eigenvalue weighted by molar-refractivity contribution is 7.99. The second kappa shape index (κ2) is 6.44. The van der Waals surface area contributed by atoms with Gasteiger partial charge in [-0.1, -0.05) is 11.8 Å². The van der Waals surface area contributed by atoms with E-state index in [4.69, 9.17) is 5.11 Å². The molecule has 0 aliphatic rings. The summed E-state index contributed by atoms with van der Waals surface area (Å²) in [5, 5.41) is 9.17. The maximum Gasteiger partial charge on any atom is 0.303 e. The van der Waals surface area contributed by atoms with E-state index in [2.05, 4.69) is 4.98 Å². The minimum atomic E-state index is -0.768. The molecule has 1 aromatic rings. The Balaban J connectivity index is 2.47. The van der Waals surface area contributed by atoms with E-state index >= 15 is 0 Å². The van der Waals surface area contributed by atoms with Gasteiger partial charge in [0.15, 0.2) is 5.16 Å². The summed E-state index contributed by atoms with van der Waals surface area (Å²) in [7, 11) is 1.69. The van der Waals surface area contributed by atoms with Gasteiger partial charge in [0.1, 0.15) is 0 Å². The molecule has 0 saturated carbocycles. The molecule has 0 aliphatic heterocycles. The number of thioether (sulfide) groups is 1. The monoisotopic (exact) mass is 256 g/mol. The van der Waals surface area contributed by atoms with Crippen LogP contribution in [0.2, 0.25) is 0 Å². The Morgan fingerprint density at radius 3 is 2.88 bits per heavy atom. The molecule has 1 rings (SSSR count). The molecule has 6 heteroatoms. The fourth-order valence-electron chi connectivity index (χ4n) is 1.30. The van der Waals surface area contributed by atoms with Gasteiger partial charge in [-0.15, -0.1) is 0 Å². The first-order valence-electron chi connectivity index (χ1n) is 5.40. The fraction of sp³-hybridized carbons (Fsp3) is 0.545. The number of aromatic nitrogens is 2. The van der Waals surface area contributed by atoms with Crippen LogP contribution in [0, 0.1) is 6.92 Å². The molecule has 0 fully saturated rings. The van der Waals surface area contributed by atoms with Crippen molar-refractivity contribution in [2.24, 2.45) is 7.05 Å². The third-order valence-electron chi connectivity index (χ3n) is 2.24. The first kappa shape index (κ1) is 13.8. The van der Waals surface area contributed by atoms with Crippen LogP contribution in [0.4, 0.5) is 0 Å². The van der Waals surface area contributed by atoms with Crippen molar-refractivity contribution in [2.45, 2.75) is 31.3 Å². The molecule has 0 bridgehead atoms. The average molecular weight is 256 g/mol. The summed E-state index contributed by atoms with van der Waals surface area (Å²) in [6.45, 7) is 1.79. The van der Waals surface area contributed by atoms with Crippen molar-refractivity contribution in [2.75, 3.05) is 5.75 Å². The van der Waals surface area contributed by atoms with E-state index in [0.29, 0.717) is 17.3 Å². The topological polar surface area (TPSA) is 72.2 Å². The van der Waals surface area contributed by atoms with Crippen LogP contribution in [0.15, 0.2) is 16.0 Å². The smallest absolute Gasteiger partial charge is 0.303 e. The highest BCUT2D eigenvalue weighted by Gasteiger charge is 2.04. The van der Waals surface area contributed by atoms with Crippen LogP contribution in [0.25, 0.3) is 0 Å². The molecule has 0 unspecified atom stereocenters. The van der Waals surface area contributed by atoms with Crippen molar-refractivity contribution in [1.82, 2.24) is 9.55 Å². The predicted molar refractivity (Wildman–Crippen MR) is 66.4 cm³/mol. The molecule has 0 atom stereocenters. The predicted octanol–water partition coefficient (Wildman–Crippen LogP) is 1.44. The molecule has 0 radical (unpaired) electrons. The third-order valence-corrected chi connectivity index (χ3v) is 3.35. The quantitative estimate of drug-likeness (QED) is 0.473. The molecule has 1 heterocycles. The lowest BCUT2D eigenvalue weighted by molar-refractivity contribution is -0.137. The average Bonchev–Trinajstić information content (AvgIpc) is 2.23. The lowest BCUT2D eigenvalue weighted by Gasteiger charge is -2.06. The second-order valence-electron chi connectivity index (χ2n) is 3.78. The summed E-state index contributed by atoms with van der Waals surface area (Å²) < 4.78 is 1.51. The van der Waals surface area contributed by atoms with Crippen LogP contribution in [0.3, 0.4) is 0 Å². The van der Waals surface area contributed by atoms with Gasteiger partial charge in [-0.2, -0.15) is 0 Å². The Bertz CT molecular complexity index is 457. The minimum absolute atomic E-state index is 0.0643. The van der Waals surface area contributed by atoms with E-state index in [9.17, 15) is 9.59 Å². The molecule has 0 amide bonds. The van der Waals surface area contributed by atoms with Crippen molar-refractivity contribution in [3.63, 3.8) is 0 Å². The van der Waals surface area contributed by atoms with Gasteiger partial charge in [0.25, 0.3) is 5.56 Å². The van der Waals surface area contributed by atoms with Crippen molar-refractivity contribution in [1.29, 1.82) is 0 Å². The van der Waals surface area contributed by atoms with Gasteiger partial charge in [0.2, 0.25) is 0 Å². The van der Waals surface area contributed by atoms with E-state index in [0.717, 1.165) is 12.2 Å². The molecule has 17 heavy (non-hydrogen) atoms. The summed E-state index contributed by atoms with van der Waals surface area (Å²) >= 11 is 1.49. The maximum atomic E-state index is 11.5. The van der Waals surface area contributed by atoms with Gasteiger partial charge in [-0.05, 0) is 19.8 Å². The zero-order chi connectivity index (χ0) is 12.8. The highest BCUT2D eigenvalue weighted by atomic mass is 32.2. The largest absolute Gasteiger partial charge is 0.481 e. The number of hydrogen-bond donors (Lipinski definition) is 1. The third kappa shape index (κ3) is 4.60. The first-order valence-corrected chi connectivity index (χ1v) is 6.38. The molecule has 0 aromatic carbocycles. The van der Waals surface area contributed by atoms with Gasteiger partial charge in [-0.25, -0.2) is 4.98 Å². The Morgan fingerprint density at radius 2 is 2.24 bits per heavy atom. The number of aryl methyl sites for hydroxylation is 1. The molecule has 1 aromatic heterocycles. The Hall–Kier alpha value is -1.30. The number of carboxylic acids is 1. The van der Waals surface area contributed by atoms with E-state index in [1.165, 1.54) is 22.4 Å². The van der Waals surface area contributed by atoms with E-state index in [-0.39, 0.29) is 12.0 Å². The number of carbonyl (C=O) groups is 1. The van der Waals surface area contributed by atoms with Gasteiger partial charge in [0, 0.05) is 31.0 Å². The molecular weight excluding hydrogens is 240 g/mol. The van der Waals surface area contributed by atoms with Crippen LogP contribution in [-0.2, 0) is 11.8 Å². The number of carboxylic acid groups (broad SMARTS) is 1. The van der Waals surface area contributed by atoms with Gasteiger partial charge >= 0.3 is 5.97 Å². The van der Waals surface area contributed by atoms with Gasteiger partial charge in [-0.3, -0.25) is 14.2 Å². The molecule has 94 valence electrons. The number of rotatable bonds is 6. The number of aliphatic carboxylic acids is 1. The van der Waals surface area contributed by atoms with Crippen LogP contribution < -0.4 is 5.56 Å².